The smallest absolute Gasteiger partial charge is 0.153 e. The fourth-order valence-electron chi connectivity index (χ4n) is 3.03. The quantitative estimate of drug-likeness (QED) is 0.552. The number of pyridine rings is 1. The number of nitrogens with one attached hydrogen (secondary N) is 1. The molecule has 6 nitrogen and oxygen atoms in total. The van der Waals surface area contributed by atoms with Crippen LogP contribution in [-0.4, -0.2) is 29.8 Å². The summed E-state index contributed by atoms with van der Waals surface area (Å²) in [4.78, 5) is 8.83. The number of imidazole rings is 1. The van der Waals surface area contributed by atoms with Gasteiger partial charge in [-0.05, 0) is 42.0 Å². The van der Waals surface area contributed by atoms with Crippen LogP contribution in [0.1, 0.15) is 11.3 Å². The van der Waals surface area contributed by atoms with Gasteiger partial charge in [0.05, 0.1) is 23.1 Å². The lowest BCUT2D eigenvalue weighted by atomic mass is 10.1. The lowest BCUT2D eigenvalue weighted by Crippen LogP contribution is -2.00. The molecule has 0 radical (unpaired) electrons. The lowest BCUT2D eigenvalue weighted by Gasteiger charge is -2.05. The summed E-state index contributed by atoms with van der Waals surface area (Å²) in [5.41, 5.74) is 5.81. The van der Waals surface area contributed by atoms with E-state index >= 15 is 0 Å². The summed E-state index contributed by atoms with van der Waals surface area (Å²) in [5, 5.41) is 12.8. The first kappa shape index (κ1) is 13.9. The van der Waals surface area contributed by atoms with Crippen LogP contribution in [0, 0.1) is 0 Å². The molecule has 0 aliphatic rings. The minimum Gasteiger partial charge on any atom is -0.276 e. The van der Waals surface area contributed by atoms with Crippen molar-refractivity contribution in [1.82, 2.24) is 29.8 Å². The van der Waals surface area contributed by atoms with E-state index in [0.29, 0.717) is 0 Å². The van der Waals surface area contributed by atoms with Crippen LogP contribution in [0.2, 0.25) is 0 Å². The number of rotatable bonds is 3. The standard InChI is InChI=1S/C19H14N6/c1-2-14-10-13(3-4-16(14)20-8-1)11-15-12-21-19-6-5-18(24-25(15)19)17-7-9-22-23-17/h1-10,12H,11H2,(H,22,23). The molecule has 1 aromatic carbocycles. The summed E-state index contributed by atoms with van der Waals surface area (Å²) >= 11 is 0. The minimum atomic E-state index is 0.755. The molecule has 0 spiro atoms. The molecule has 0 atom stereocenters. The monoisotopic (exact) mass is 326 g/mol. The highest BCUT2D eigenvalue weighted by molar-refractivity contribution is 5.79. The summed E-state index contributed by atoms with van der Waals surface area (Å²) in [6, 6.07) is 16.2. The third-order valence-corrected chi connectivity index (χ3v) is 4.26. The maximum Gasteiger partial charge on any atom is 0.153 e. The Morgan fingerprint density at radius 3 is 2.88 bits per heavy atom. The van der Waals surface area contributed by atoms with Crippen molar-refractivity contribution >= 4 is 16.6 Å². The first-order chi connectivity index (χ1) is 12.4. The summed E-state index contributed by atoms with van der Waals surface area (Å²) in [6.07, 6.45) is 6.17. The predicted octanol–water partition coefficient (Wildman–Crippen LogP) is 3.26. The number of aromatic amines is 1. The van der Waals surface area contributed by atoms with E-state index in [1.54, 1.807) is 6.20 Å². The minimum absolute atomic E-state index is 0.755. The Morgan fingerprint density at radius 1 is 0.960 bits per heavy atom. The Bertz CT molecular complexity index is 1170. The van der Waals surface area contributed by atoms with Gasteiger partial charge in [-0.2, -0.15) is 10.2 Å². The zero-order valence-electron chi connectivity index (χ0n) is 13.3. The summed E-state index contributed by atoms with van der Waals surface area (Å²) in [5.74, 6) is 0. The van der Waals surface area contributed by atoms with Crippen LogP contribution < -0.4 is 0 Å². The van der Waals surface area contributed by atoms with E-state index in [9.17, 15) is 0 Å². The van der Waals surface area contributed by atoms with Gasteiger partial charge in [-0.1, -0.05) is 12.1 Å². The largest absolute Gasteiger partial charge is 0.276 e. The van der Waals surface area contributed by atoms with Crippen molar-refractivity contribution in [3.05, 3.63) is 78.4 Å². The number of aromatic nitrogens is 6. The molecular formula is C19H14N6. The van der Waals surface area contributed by atoms with Crippen LogP contribution in [0.5, 0.6) is 0 Å². The second-order valence-electron chi connectivity index (χ2n) is 5.92. The Hall–Kier alpha value is -3.54. The molecule has 5 aromatic rings. The number of benzene rings is 1. The average molecular weight is 326 g/mol. The first-order valence-corrected chi connectivity index (χ1v) is 8.04. The molecule has 4 heterocycles. The molecular weight excluding hydrogens is 312 g/mol. The number of hydrogen-bond donors (Lipinski definition) is 1. The molecule has 120 valence electrons. The Kier molecular flexibility index (Phi) is 3.06. The van der Waals surface area contributed by atoms with Crippen molar-refractivity contribution in [1.29, 1.82) is 0 Å². The maximum absolute atomic E-state index is 4.71. The highest BCUT2D eigenvalue weighted by atomic mass is 15.3. The van der Waals surface area contributed by atoms with Crippen molar-refractivity contribution in [2.45, 2.75) is 6.42 Å². The van der Waals surface area contributed by atoms with Gasteiger partial charge in [0.15, 0.2) is 5.65 Å². The molecule has 1 N–H and O–H groups in total. The van der Waals surface area contributed by atoms with Crippen molar-refractivity contribution in [3.8, 4) is 11.4 Å². The topological polar surface area (TPSA) is 71.8 Å². The predicted molar refractivity (Wildman–Crippen MR) is 95.1 cm³/mol. The van der Waals surface area contributed by atoms with Gasteiger partial charge in [0.25, 0.3) is 0 Å². The van der Waals surface area contributed by atoms with Crippen molar-refractivity contribution in [3.63, 3.8) is 0 Å². The number of nitrogens with zero attached hydrogens (tertiary/aromatic N) is 5. The lowest BCUT2D eigenvalue weighted by molar-refractivity contribution is 0.872. The van der Waals surface area contributed by atoms with Gasteiger partial charge in [0.1, 0.15) is 5.69 Å². The van der Waals surface area contributed by atoms with Gasteiger partial charge in [-0.25, -0.2) is 9.50 Å². The van der Waals surface area contributed by atoms with E-state index in [4.69, 9.17) is 5.10 Å². The molecule has 0 saturated carbocycles. The van der Waals surface area contributed by atoms with Crippen LogP contribution >= 0.6 is 0 Å². The zero-order valence-corrected chi connectivity index (χ0v) is 13.3. The number of fused-ring (bicyclic) bond motifs is 2. The molecule has 0 aliphatic carbocycles. The Labute approximate surface area is 143 Å². The highest BCUT2D eigenvalue weighted by Crippen LogP contribution is 2.19. The van der Waals surface area contributed by atoms with Gasteiger partial charge >= 0.3 is 0 Å². The van der Waals surface area contributed by atoms with Crippen LogP contribution in [0.15, 0.2) is 67.1 Å². The molecule has 0 amide bonds. The van der Waals surface area contributed by atoms with E-state index in [1.165, 1.54) is 5.56 Å². The molecule has 0 fully saturated rings. The molecule has 5 rings (SSSR count). The van der Waals surface area contributed by atoms with E-state index in [-0.39, 0.29) is 0 Å². The van der Waals surface area contributed by atoms with E-state index in [2.05, 4.69) is 44.4 Å². The average Bonchev–Trinajstić information content (AvgIpc) is 3.32. The first-order valence-electron chi connectivity index (χ1n) is 8.04. The molecule has 25 heavy (non-hydrogen) atoms. The Morgan fingerprint density at radius 2 is 1.96 bits per heavy atom. The Balaban J connectivity index is 1.56. The van der Waals surface area contributed by atoms with Crippen LogP contribution in [-0.2, 0) is 6.42 Å². The fraction of sp³-hybridized carbons (Fsp3) is 0.0526. The van der Waals surface area contributed by atoms with Crippen LogP contribution in [0.4, 0.5) is 0 Å². The van der Waals surface area contributed by atoms with Gasteiger partial charge in [0, 0.05) is 24.2 Å². The fourth-order valence-corrected chi connectivity index (χ4v) is 3.03. The molecule has 0 saturated heterocycles. The molecule has 0 aliphatic heterocycles. The van der Waals surface area contributed by atoms with Gasteiger partial charge in [-0.15, -0.1) is 0 Å². The second kappa shape index (κ2) is 5.52. The van der Waals surface area contributed by atoms with Gasteiger partial charge < -0.3 is 0 Å². The normalized spacial score (nSPS) is 11.4. The maximum atomic E-state index is 4.71. The number of hydrogen-bond acceptors (Lipinski definition) is 4. The van der Waals surface area contributed by atoms with E-state index in [0.717, 1.165) is 40.1 Å². The zero-order chi connectivity index (χ0) is 16.6. The van der Waals surface area contributed by atoms with Crippen LogP contribution in [0.25, 0.3) is 27.9 Å². The molecule has 0 unspecified atom stereocenters. The molecule has 6 heteroatoms. The third kappa shape index (κ3) is 2.44. The van der Waals surface area contributed by atoms with Gasteiger partial charge in [0.2, 0.25) is 0 Å². The third-order valence-electron chi connectivity index (χ3n) is 4.26. The van der Waals surface area contributed by atoms with Crippen LogP contribution in [0.3, 0.4) is 0 Å². The summed E-state index contributed by atoms with van der Waals surface area (Å²) < 4.78 is 1.89. The SMILES string of the molecule is c1cnc2ccc(Cc3cnc4ccc(-c5ccn[nH]5)nn34)cc2c1. The number of H-pyrrole nitrogens is 1. The summed E-state index contributed by atoms with van der Waals surface area (Å²) in [6.45, 7) is 0. The highest BCUT2D eigenvalue weighted by Gasteiger charge is 2.09. The van der Waals surface area contributed by atoms with Crippen molar-refractivity contribution in [2.75, 3.05) is 0 Å². The molecule has 0 bridgehead atoms. The van der Waals surface area contributed by atoms with Crippen molar-refractivity contribution < 1.29 is 0 Å². The summed E-state index contributed by atoms with van der Waals surface area (Å²) in [7, 11) is 0. The molecule has 4 aromatic heterocycles. The van der Waals surface area contributed by atoms with Gasteiger partial charge in [-0.3, -0.25) is 10.1 Å². The van der Waals surface area contributed by atoms with E-state index in [1.807, 2.05) is 41.2 Å². The van der Waals surface area contributed by atoms with Crippen molar-refractivity contribution in [2.24, 2.45) is 0 Å². The van der Waals surface area contributed by atoms with E-state index < -0.39 is 0 Å². The second-order valence-corrected chi connectivity index (χ2v) is 5.92.